The molecule has 41 heavy (non-hydrogen) atoms. The van der Waals surface area contributed by atoms with Crippen molar-refractivity contribution in [3.05, 3.63) is 77.8 Å². The van der Waals surface area contributed by atoms with Crippen LogP contribution in [0.5, 0.6) is 0 Å². The first-order valence-corrected chi connectivity index (χ1v) is 12.7. The van der Waals surface area contributed by atoms with Gasteiger partial charge in [0.05, 0.1) is 28.1 Å². The van der Waals surface area contributed by atoms with Crippen molar-refractivity contribution >= 4 is 41.3 Å². The molecule has 0 unspecified atom stereocenters. The zero-order valence-corrected chi connectivity index (χ0v) is 23.7. The zero-order valence-electron chi connectivity index (χ0n) is 23.7. The van der Waals surface area contributed by atoms with Gasteiger partial charge in [0.25, 0.3) is 0 Å². The van der Waals surface area contributed by atoms with Gasteiger partial charge in [-0.05, 0) is 83.5 Å². The number of nitrogens with one attached hydrogen (secondary N) is 1. The molecule has 3 aromatic heterocycles. The molecular formula is C30H31N5O6. The fourth-order valence-electron chi connectivity index (χ4n) is 3.91. The molecule has 0 saturated heterocycles. The van der Waals surface area contributed by atoms with E-state index in [0.717, 1.165) is 0 Å². The first-order chi connectivity index (χ1) is 19.1. The Balaban J connectivity index is 1.73. The molecule has 11 nitrogen and oxygen atoms in total. The number of esters is 2. The van der Waals surface area contributed by atoms with Crippen molar-refractivity contribution < 1.29 is 29.0 Å². The van der Waals surface area contributed by atoms with Gasteiger partial charge in [-0.2, -0.15) is 4.98 Å². The van der Waals surface area contributed by atoms with E-state index in [-0.39, 0.29) is 34.0 Å². The number of carboxylic acids is 1. The SMILES string of the molecule is C=Cc1ncc(-c2ccn3nc(Nc4cccc(C(=O)OC(C)(C)C)c4C(=O)OC(C)(C)C)nc3c2)cc1C(=O)O. The third-order valence-electron chi connectivity index (χ3n) is 5.55. The monoisotopic (exact) mass is 557 g/mol. The van der Waals surface area contributed by atoms with Crippen LogP contribution in [-0.4, -0.2) is 53.8 Å². The Hall–Kier alpha value is -5.06. The Bertz CT molecular complexity index is 1680. The molecule has 0 spiro atoms. The van der Waals surface area contributed by atoms with Crippen molar-refractivity contribution in [2.75, 3.05) is 5.32 Å². The van der Waals surface area contributed by atoms with Crippen LogP contribution in [0, 0.1) is 0 Å². The van der Waals surface area contributed by atoms with Gasteiger partial charge >= 0.3 is 17.9 Å². The predicted molar refractivity (Wildman–Crippen MR) is 153 cm³/mol. The smallest absolute Gasteiger partial charge is 0.341 e. The van der Waals surface area contributed by atoms with Crippen molar-refractivity contribution in [1.29, 1.82) is 0 Å². The number of benzene rings is 1. The number of aromatic nitrogens is 4. The fraction of sp³-hybridized carbons (Fsp3) is 0.267. The summed E-state index contributed by atoms with van der Waals surface area (Å²) >= 11 is 0. The number of rotatable bonds is 7. The van der Waals surface area contributed by atoms with E-state index < -0.39 is 29.1 Å². The van der Waals surface area contributed by atoms with Crippen LogP contribution < -0.4 is 5.32 Å². The molecular weight excluding hydrogens is 526 g/mol. The standard InChI is InChI=1S/C30H31N5O6/c1-8-21-20(25(36)37)14-18(16-31-21)17-12-13-35-23(15-17)33-28(34-35)32-22-11-9-10-19(26(38)40-29(2,3)4)24(22)27(39)41-30(5,6)7/h8-16H,1H2,2-7H3,(H,32,34)(H,36,37). The van der Waals surface area contributed by atoms with E-state index >= 15 is 0 Å². The third kappa shape index (κ3) is 6.75. The molecule has 11 heteroatoms. The van der Waals surface area contributed by atoms with Gasteiger partial charge in [0, 0.05) is 18.0 Å². The minimum absolute atomic E-state index is 0.00852. The van der Waals surface area contributed by atoms with E-state index in [1.165, 1.54) is 22.7 Å². The summed E-state index contributed by atoms with van der Waals surface area (Å²) < 4.78 is 12.7. The van der Waals surface area contributed by atoms with Gasteiger partial charge in [0.15, 0.2) is 5.65 Å². The van der Waals surface area contributed by atoms with Crippen LogP contribution in [0.2, 0.25) is 0 Å². The zero-order chi connectivity index (χ0) is 30.1. The minimum atomic E-state index is -1.11. The molecule has 0 radical (unpaired) electrons. The van der Waals surface area contributed by atoms with Crippen LogP contribution in [0.1, 0.15) is 78.3 Å². The van der Waals surface area contributed by atoms with E-state index in [0.29, 0.717) is 16.8 Å². The van der Waals surface area contributed by atoms with Crippen LogP contribution in [0.4, 0.5) is 11.6 Å². The number of carboxylic acid groups (broad SMARTS) is 1. The van der Waals surface area contributed by atoms with Crippen molar-refractivity contribution in [3.8, 4) is 11.1 Å². The van der Waals surface area contributed by atoms with Gasteiger partial charge in [-0.25, -0.2) is 18.9 Å². The number of ether oxygens (including phenoxy) is 2. The Morgan fingerprint density at radius 3 is 2.27 bits per heavy atom. The van der Waals surface area contributed by atoms with Gasteiger partial charge in [-0.1, -0.05) is 12.6 Å². The Kier molecular flexibility index (Phi) is 7.65. The maximum absolute atomic E-state index is 13.3. The molecule has 0 fully saturated rings. The molecule has 0 aliphatic carbocycles. The Morgan fingerprint density at radius 2 is 1.63 bits per heavy atom. The molecule has 4 aromatic rings. The molecule has 2 N–H and O–H groups in total. The number of carbonyl (C=O) groups excluding carboxylic acids is 2. The van der Waals surface area contributed by atoms with Gasteiger partial charge in [-0.15, -0.1) is 5.10 Å². The maximum atomic E-state index is 13.3. The number of aromatic carboxylic acids is 1. The maximum Gasteiger partial charge on any atom is 0.341 e. The molecule has 0 amide bonds. The highest BCUT2D eigenvalue weighted by Crippen LogP contribution is 2.28. The average Bonchev–Trinajstić information content (AvgIpc) is 3.27. The third-order valence-corrected chi connectivity index (χ3v) is 5.55. The van der Waals surface area contributed by atoms with E-state index in [1.807, 2.05) is 0 Å². The summed E-state index contributed by atoms with van der Waals surface area (Å²) in [6.45, 7) is 14.0. The minimum Gasteiger partial charge on any atom is -0.478 e. The summed E-state index contributed by atoms with van der Waals surface area (Å²) in [5.74, 6) is -2.35. The summed E-state index contributed by atoms with van der Waals surface area (Å²) in [6, 6.07) is 9.72. The molecule has 0 aliphatic heterocycles. The van der Waals surface area contributed by atoms with Crippen LogP contribution in [0.25, 0.3) is 22.9 Å². The largest absolute Gasteiger partial charge is 0.478 e. The van der Waals surface area contributed by atoms with Crippen molar-refractivity contribution in [3.63, 3.8) is 0 Å². The van der Waals surface area contributed by atoms with Crippen molar-refractivity contribution in [2.45, 2.75) is 52.7 Å². The van der Waals surface area contributed by atoms with E-state index in [2.05, 4.69) is 27.0 Å². The molecule has 3 heterocycles. The number of nitrogens with zero attached hydrogens (tertiary/aromatic N) is 4. The van der Waals surface area contributed by atoms with Crippen LogP contribution in [-0.2, 0) is 9.47 Å². The first-order valence-electron chi connectivity index (χ1n) is 12.7. The summed E-state index contributed by atoms with van der Waals surface area (Å²) in [7, 11) is 0. The highest BCUT2D eigenvalue weighted by atomic mass is 16.6. The van der Waals surface area contributed by atoms with Crippen LogP contribution >= 0.6 is 0 Å². The number of anilines is 2. The lowest BCUT2D eigenvalue weighted by Crippen LogP contribution is -2.28. The second-order valence-corrected chi connectivity index (χ2v) is 11.2. The lowest BCUT2D eigenvalue weighted by molar-refractivity contribution is 0.00195. The number of pyridine rings is 2. The lowest BCUT2D eigenvalue weighted by Gasteiger charge is -2.23. The molecule has 0 aliphatic rings. The predicted octanol–water partition coefficient (Wildman–Crippen LogP) is 5.79. The molecule has 0 bridgehead atoms. The molecule has 1 aromatic carbocycles. The number of fused-ring (bicyclic) bond motifs is 1. The molecule has 0 atom stereocenters. The lowest BCUT2D eigenvalue weighted by atomic mass is 10.0. The van der Waals surface area contributed by atoms with Crippen molar-refractivity contribution in [2.24, 2.45) is 0 Å². The summed E-state index contributed by atoms with van der Waals surface area (Å²) in [5, 5.41) is 17.0. The number of hydrogen-bond acceptors (Lipinski definition) is 9. The second kappa shape index (κ2) is 10.8. The van der Waals surface area contributed by atoms with Gasteiger partial charge in [-0.3, -0.25) is 4.98 Å². The Morgan fingerprint density at radius 1 is 0.951 bits per heavy atom. The average molecular weight is 558 g/mol. The quantitative estimate of drug-likeness (QED) is 0.268. The Labute approximate surface area is 236 Å². The van der Waals surface area contributed by atoms with Gasteiger partial charge < -0.3 is 19.9 Å². The highest BCUT2D eigenvalue weighted by molar-refractivity contribution is 6.07. The highest BCUT2D eigenvalue weighted by Gasteiger charge is 2.29. The van der Waals surface area contributed by atoms with E-state index in [9.17, 15) is 19.5 Å². The molecule has 4 rings (SSSR count). The molecule has 212 valence electrons. The normalized spacial score (nSPS) is 11.7. The topological polar surface area (TPSA) is 145 Å². The van der Waals surface area contributed by atoms with Crippen LogP contribution in [0.15, 0.2) is 55.4 Å². The van der Waals surface area contributed by atoms with E-state index in [4.69, 9.17) is 9.47 Å². The van der Waals surface area contributed by atoms with Crippen molar-refractivity contribution in [1.82, 2.24) is 19.6 Å². The second-order valence-electron chi connectivity index (χ2n) is 11.2. The molecule has 0 saturated carbocycles. The fourth-order valence-corrected chi connectivity index (χ4v) is 3.91. The summed E-state index contributed by atoms with van der Waals surface area (Å²) in [4.78, 5) is 46.7. The van der Waals surface area contributed by atoms with E-state index in [1.54, 1.807) is 78.2 Å². The van der Waals surface area contributed by atoms with Crippen LogP contribution in [0.3, 0.4) is 0 Å². The number of hydrogen-bond donors (Lipinski definition) is 2. The van der Waals surface area contributed by atoms with Gasteiger partial charge in [0.1, 0.15) is 11.2 Å². The summed E-state index contributed by atoms with van der Waals surface area (Å²) in [5.41, 5.74) is 0.679. The summed E-state index contributed by atoms with van der Waals surface area (Å²) in [6.07, 6.45) is 4.60. The van der Waals surface area contributed by atoms with Gasteiger partial charge in [0.2, 0.25) is 5.95 Å². The first kappa shape index (κ1) is 28.9. The number of carbonyl (C=O) groups is 3.